The second-order valence-electron chi connectivity index (χ2n) is 6.06. The van der Waals surface area contributed by atoms with Crippen LogP contribution >= 0.6 is 0 Å². The van der Waals surface area contributed by atoms with Crippen LogP contribution in [0, 0.1) is 0 Å². The van der Waals surface area contributed by atoms with Gasteiger partial charge in [-0.2, -0.15) is 0 Å². The van der Waals surface area contributed by atoms with E-state index in [1.165, 1.54) is 0 Å². The van der Waals surface area contributed by atoms with E-state index in [1.807, 2.05) is 26.0 Å². The minimum Gasteiger partial charge on any atom is -0.382 e. The number of benzene rings is 1. The van der Waals surface area contributed by atoms with Gasteiger partial charge in [0.05, 0.1) is 16.8 Å². The fourth-order valence-corrected chi connectivity index (χ4v) is 3.11. The van der Waals surface area contributed by atoms with Crippen molar-refractivity contribution >= 4 is 21.5 Å². The third-order valence-corrected chi connectivity index (χ3v) is 4.69. The molecule has 1 aromatic heterocycles. The summed E-state index contributed by atoms with van der Waals surface area (Å²) in [6, 6.07) is 10.6. The Labute approximate surface area is 138 Å². The summed E-state index contributed by atoms with van der Waals surface area (Å²) in [5.74, 6) is 0.662. The van der Waals surface area contributed by atoms with Gasteiger partial charge in [-0.25, -0.2) is 13.4 Å². The van der Waals surface area contributed by atoms with E-state index in [0.717, 1.165) is 11.3 Å². The highest BCUT2D eigenvalue weighted by atomic mass is 32.2. The molecule has 0 atom stereocenters. The summed E-state index contributed by atoms with van der Waals surface area (Å²) in [6.45, 7) is 8.19. The Bertz CT molecular complexity index is 736. The van der Waals surface area contributed by atoms with Crippen LogP contribution in [-0.4, -0.2) is 19.4 Å². The molecule has 5 nitrogen and oxygen atoms in total. The molecule has 0 bridgehead atoms. The van der Waals surface area contributed by atoms with E-state index in [-0.39, 0.29) is 4.90 Å². The summed E-state index contributed by atoms with van der Waals surface area (Å²) in [5.41, 5.74) is 1.95. The molecule has 2 aromatic rings. The standard InChI is InChI=1S/C17H23N3O2S/c1-12(2)14-5-8-16(9-6-14)23(21,22)20-17-10-7-15(11-18-17)19-13(3)4/h5-13,19H,1-4H3,(H,18,20). The van der Waals surface area contributed by atoms with Crippen molar-refractivity contribution in [3.8, 4) is 0 Å². The first-order chi connectivity index (χ1) is 10.8. The molecule has 0 amide bonds. The van der Waals surface area contributed by atoms with Gasteiger partial charge in [-0.1, -0.05) is 26.0 Å². The molecule has 2 N–H and O–H groups in total. The van der Waals surface area contributed by atoms with Gasteiger partial charge in [-0.15, -0.1) is 0 Å². The molecule has 0 unspecified atom stereocenters. The Kier molecular flexibility index (Phi) is 5.26. The van der Waals surface area contributed by atoms with E-state index < -0.39 is 10.0 Å². The molecule has 0 aliphatic heterocycles. The number of nitrogens with one attached hydrogen (secondary N) is 2. The first-order valence-electron chi connectivity index (χ1n) is 7.63. The summed E-state index contributed by atoms with van der Waals surface area (Å²) in [4.78, 5) is 4.37. The number of aromatic nitrogens is 1. The van der Waals surface area contributed by atoms with Crippen LogP contribution in [0.15, 0.2) is 47.5 Å². The van der Waals surface area contributed by atoms with Crippen LogP contribution in [0.2, 0.25) is 0 Å². The normalized spacial score (nSPS) is 11.7. The number of anilines is 2. The minimum absolute atomic E-state index is 0.230. The molecule has 0 saturated carbocycles. The molecule has 23 heavy (non-hydrogen) atoms. The maximum Gasteiger partial charge on any atom is 0.263 e. The van der Waals surface area contributed by atoms with Gasteiger partial charge in [0.15, 0.2) is 0 Å². The van der Waals surface area contributed by atoms with Gasteiger partial charge in [0.2, 0.25) is 0 Å². The van der Waals surface area contributed by atoms with Gasteiger partial charge in [0.1, 0.15) is 5.82 Å². The van der Waals surface area contributed by atoms with E-state index in [4.69, 9.17) is 0 Å². The lowest BCUT2D eigenvalue weighted by molar-refractivity contribution is 0.601. The van der Waals surface area contributed by atoms with Crippen molar-refractivity contribution in [3.05, 3.63) is 48.2 Å². The molecule has 0 saturated heterocycles. The largest absolute Gasteiger partial charge is 0.382 e. The molecule has 0 aliphatic rings. The van der Waals surface area contributed by atoms with Crippen LogP contribution in [0.25, 0.3) is 0 Å². The molecule has 0 fully saturated rings. The Morgan fingerprint density at radius 1 is 0.957 bits per heavy atom. The third-order valence-electron chi connectivity index (χ3n) is 3.31. The van der Waals surface area contributed by atoms with E-state index >= 15 is 0 Å². The Hall–Kier alpha value is -2.08. The Morgan fingerprint density at radius 2 is 1.61 bits per heavy atom. The van der Waals surface area contributed by atoms with E-state index in [1.54, 1.807) is 30.5 Å². The lowest BCUT2D eigenvalue weighted by Crippen LogP contribution is -2.14. The smallest absolute Gasteiger partial charge is 0.263 e. The molecule has 1 heterocycles. The highest BCUT2D eigenvalue weighted by Gasteiger charge is 2.15. The highest BCUT2D eigenvalue weighted by molar-refractivity contribution is 7.92. The molecule has 0 spiro atoms. The van der Waals surface area contributed by atoms with Crippen LogP contribution in [0.5, 0.6) is 0 Å². The fourth-order valence-electron chi connectivity index (χ4n) is 2.10. The van der Waals surface area contributed by atoms with Crippen LogP contribution < -0.4 is 10.0 Å². The monoisotopic (exact) mass is 333 g/mol. The molecule has 124 valence electrons. The quantitative estimate of drug-likeness (QED) is 0.843. The second-order valence-corrected chi connectivity index (χ2v) is 7.74. The number of sulfonamides is 1. The average Bonchev–Trinajstić information content (AvgIpc) is 2.48. The van der Waals surface area contributed by atoms with Gasteiger partial charge < -0.3 is 5.32 Å². The fraction of sp³-hybridized carbons (Fsp3) is 0.353. The van der Waals surface area contributed by atoms with Crippen molar-refractivity contribution < 1.29 is 8.42 Å². The maximum absolute atomic E-state index is 12.4. The van der Waals surface area contributed by atoms with Crippen LogP contribution in [-0.2, 0) is 10.0 Å². The molecular weight excluding hydrogens is 310 g/mol. The predicted molar refractivity (Wildman–Crippen MR) is 94.3 cm³/mol. The van der Waals surface area contributed by atoms with Gasteiger partial charge in [0.25, 0.3) is 10.0 Å². The summed E-state index contributed by atoms with van der Waals surface area (Å²) < 4.78 is 27.3. The number of pyridine rings is 1. The summed E-state index contributed by atoms with van der Waals surface area (Å²) >= 11 is 0. The van der Waals surface area contributed by atoms with Gasteiger partial charge >= 0.3 is 0 Å². The summed E-state index contributed by atoms with van der Waals surface area (Å²) in [7, 11) is -3.62. The zero-order chi connectivity index (χ0) is 17.0. The highest BCUT2D eigenvalue weighted by Crippen LogP contribution is 2.19. The Morgan fingerprint density at radius 3 is 2.09 bits per heavy atom. The molecule has 0 aliphatic carbocycles. The van der Waals surface area contributed by atoms with Crippen LogP contribution in [0.4, 0.5) is 11.5 Å². The Balaban J connectivity index is 2.14. The van der Waals surface area contributed by atoms with Crippen molar-refractivity contribution in [3.63, 3.8) is 0 Å². The molecular formula is C17H23N3O2S. The van der Waals surface area contributed by atoms with E-state index in [2.05, 4.69) is 28.9 Å². The van der Waals surface area contributed by atoms with Gasteiger partial charge in [-0.05, 0) is 49.6 Å². The average molecular weight is 333 g/mol. The summed E-state index contributed by atoms with van der Waals surface area (Å²) in [5, 5.41) is 3.20. The van der Waals surface area contributed by atoms with E-state index in [9.17, 15) is 8.42 Å². The molecule has 6 heteroatoms. The first kappa shape index (κ1) is 17.3. The van der Waals surface area contributed by atoms with E-state index in [0.29, 0.717) is 17.8 Å². The van der Waals surface area contributed by atoms with Crippen molar-refractivity contribution in [2.24, 2.45) is 0 Å². The second kappa shape index (κ2) is 7.00. The lowest BCUT2D eigenvalue weighted by Gasteiger charge is -2.11. The van der Waals surface area contributed by atoms with Crippen LogP contribution in [0.3, 0.4) is 0 Å². The van der Waals surface area contributed by atoms with Crippen molar-refractivity contribution in [1.29, 1.82) is 0 Å². The van der Waals surface area contributed by atoms with Gasteiger partial charge in [-0.3, -0.25) is 4.72 Å². The predicted octanol–water partition coefficient (Wildman–Crippen LogP) is 3.83. The summed E-state index contributed by atoms with van der Waals surface area (Å²) in [6.07, 6.45) is 1.61. The first-order valence-corrected chi connectivity index (χ1v) is 9.11. The molecule has 2 rings (SSSR count). The topological polar surface area (TPSA) is 71.1 Å². The third kappa shape index (κ3) is 4.69. The van der Waals surface area contributed by atoms with Crippen molar-refractivity contribution in [2.75, 3.05) is 10.0 Å². The number of hydrogen-bond acceptors (Lipinski definition) is 4. The minimum atomic E-state index is -3.62. The molecule has 0 radical (unpaired) electrons. The number of hydrogen-bond donors (Lipinski definition) is 2. The SMILES string of the molecule is CC(C)Nc1ccc(NS(=O)(=O)c2ccc(C(C)C)cc2)nc1. The zero-order valence-electron chi connectivity index (χ0n) is 13.9. The maximum atomic E-state index is 12.4. The van der Waals surface area contributed by atoms with Crippen LogP contribution in [0.1, 0.15) is 39.2 Å². The molecule has 1 aromatic carbocycles. The van der Waals surface area contributed by atoms with Gasteiger partial charge in [0, 0.05) is 6.04 Å². The lowest BCUT2D eigenvalue weighted by atomic mass is 10.0. The van der Waals surface area contributed by atoms with Crippen molar-refractivity contribution in [2.45, 2.75) is 44.6 Å². The number of nitrogens with zero attached hydrogens (tertiary/aromatic N) is 1. The zero-order valence-corrected chi connectivity index (χ0v) is 14.7. The van der Waals surface area contributed by atoms with Crippen molar-refractivity contribution in [1.82, 2.24) is 4.98 Å². The number of rotatable bonds is 6.